The van der Waals surface area contributed by atoms with Gasteiger partial charge in [0, 0.05) is 12.2 Å². The van der Waals surface area contributed by atoms with E-state index in [4.69, 9.17) is 5.73 Å². The quantitative estimate of drug-likeness (QED) is 0.818. The lowest BCUT2D eigenvalue weighted by Gasteiger charge is -2.22. The lowest BCUT2D eigenvalue weighted by atomic mass is 9.91. The van der Waals surface area contributed by atoms with Crippen LogP contribution in [0.4, 0.5) is 14.5 Å². The van der Waals surface area contributed by atoms with Crippen molar-refractivity contribution < 1.29 is 17.2 Å². The van der Waals surface area contributed by atoms with Crippen molar-refractivity contribution in [3.63, 3.8) is 0 Å². The molecule has 0 atom stereocenters. The van der Waals surface area contributed by atoms with Crippen molar-refractivity contribution in [3.8, 4) is 0 Å². The summed E-state index contributed by atoms with van der Waals surface area (Å²) in [5, 5.41) is 0. The third-order valence-electron chi connectivity index (χ3n) is 3.00. The van der Waals surface area contributed by atoms with Gasteiger partial charge >= 0.3 is 0 Å². The Labute approximate surface area is 112 Å². The van der Waals surface area contributed by atoms with Crippen LogP contribution in [-0.2, 0) is 10.0 Å². The van der Waals surface area contributed by atoms with E-state index in [-0.39, 0.29) is 17.6 Å². The van der Waals surface area contributed by atoms with E-state index in [9.17, 15) is 17.2 Å². The van der Waals surface area contributed by atoms with Crippen LogP contribution in [0.1, 0.15) is 27.2 Å². The third kappa shape index (κ3) is 3.87. The minimum Gasteiger partial charge on any atom is -0.399 e. The van der Waals surface area contributed by atoms with Crippen LogP contribution in [0.5, 0.6) is 0 Å². The van der Waals surface area contributed by atoms with E-state index in [1.165, 1.54) is 0 Å². The number of halogens is 2. The van der Waals surface area contributed by atoms with Crippen molar-refractivity contribution in [2.45, 2.75) is 32.1 Å². The summed E-state index contributed by atoms with van der Waals surface area (Å²) in [5.74, 6) is -2.70. The van der Waals surface area contributed by atoms with Gasteiger partial charge < -0.3 is 5.73 Å². The fourth-order valence-electron chi connectivity index (χ4n) is 1.27. The molecule has 0 aromatic heterocycles. The molecule has 4 nitrogen and oxygen atoms in total. The number of rotatable bonds is 5. The predicted molar refractivity (Wildman–Crippen MR) is 70.0 cm³/mol. The van der Waals surface area contributed by atoms with Gasteiger partial charge in [0.05, 0.1) is 0 Å². The second-order valence-electron chi connectivity index (χ2n) is 5.16. The molecule has 7 heteroatoms. The number of nitrogen functional groups attached to an aromatic ring is 1. The van der Waals surface area contributed by atoms with Gasteiger partial charge in [0.2, 0.25) is 10.0 Å². The highest BCUT2D eigenvalue weighted by molar-refractivity contribution is 7.89. The maximum absolute atomic E-state index is 13.5. The molecule has 3 N–H and O–H groups in total. The minimum atomic E-state index is -4.12. The van der Waals surface area contributed by atoms with E-state index in [2.05, 4.69) is 4.72 Å². The zero-order valence-electron chi connectivity index (χ0n) is 11.1. The molecule has 1 aromatic rings. The average Bonchev–Trinajstić information content (AvgIpc) is 2.31. The van der Waals surface area contributed by atoms with Crippen molar-refractivity contribution in [2.24, 2.45) is 5.41 Å². The largest absolute Gasteiger partial charge is 0.399 e. The molecule has 0 amide bonds. The fraction of sp³-hybridized carbons (Fsp3) is 0.500. The van der Waals surface area contributed by atoms with E-state index in [1.54, 1.807) is 0 Å². The highest BCUT2D eigenvalue weighted by atomic mass is 32.2. The summed E-state index contributed by atoms with van der Waals surface area (Å²) in [7, 11) is -4.12. The summed E-state index contributed by atoms with van der Waals surface area (Å²) in [6, 6.07) is 1.64. The standard InChI is InChI=1S/C12H18F2N2O2S/c1-4-12(2,3)7-16-19(17,18)10-6-8(15)5-9(13)11(10)14/h5-6,16H,4,7,15H2,1-3H3. The highest BCUT2D eigenvalue weighted by Gasteiger charge is 2.25. The number of nitrogens with one attached hydrogen (secondary N) is 1. The molecule has 0 heterocycles. The number of hydrogen-bond acceptors (Lipinski definition) is 3. The molecule has 0 aliphatic rings. The SMILES string of the molecule is CCC(C)(C)CNS(=O)(=O)c1cc(N)cc(F)c1F. The molecule has 0 aliphatic heterocycles. The highest BCUT2D eigenvalue weighted by Crippen LogP contribution is 2.23. The smallest absolute Gasteiger partial charge is 0.243 e. The van der Waals surface area contributed by atoms with Crippen LogP contribution in [-0.4, -0.2) is 15.0 Å². The third-order valence-corrected chi connectivity index (χ3v) is 4.41. The monoisotopic (exact) mass is 292 g/mol. The summed E-state index contributed by atoms with van der Waals surface area (Å²) in [4.78, 5) is -0.767. The Bertz CT molecular complexity index is 571. The minimum absolute atomic E-state index is 0.127. The molecule has 1 aromatic carbocycles. The van der Waals surface area contributed by atoms with Gasteiger partial charge in [0.15, 0.2) is 11.6 Å². The molecule has 0 spiro atoms. The van der Waals surface area contributed by atoms with Gasteiger partial charge in [-0.1, -0.05) is 20.8 Å². The number of nitrogens with two attached hydrogens (primary N) is 1. The normalized spacial score (nSPS) is 12.7. The zero-order valence-corrected chi connectivity index (χ0v) is 11.9. The van der Waals surface area contributed by atoms with Crippen LogP contribution in [0, 0.1) is 17.0 Å². The maximum atomic E-state index is 13.5. The lowest BCUT2D eigenvalue weighted by molar-refractivity contribution is 0.349. The van der Waals surface area contributed by atoms with E-state index in [0.717, 1.165) is 18.6 Å². The van der Waals surface area contributed by atoms with Gasteiger partial charge in [-0.15, -0.1) is 0 Å². The molecule has 0 unspecified atom stereocenters. The first-order valence-corrected chi connectivity index (χ1v) is 7.31. The first-order chi connectivity index (χ1) is 8.59. The van der Waals surface area contributed by atoms with Crippen LogP contribution in [0.2, 0.25) is 0 Å². The molecule has 0 fully saturated rings. The van der Waals surface area contributed by atoms with E-state index in [1.807, 2.05) is 20.8 Å². The molecule has 0 saturated carbocycles. The Morgan fingerprint density at radius 3 is 2.42 bits per heavy atom. The van der Waals surface area contributed by atoms with Crippen molar-refractivity contribution in [1.82, 2.24) is 4.72 Å². The van der Waals surface area contributed by atoms with Gasteiger partial charge in [-0.05, 0) is 24.0 Å². The Kier molecular flexibility index (Phi) is 4.52. The number of sulfonamides is 1. The summed E-state index contributed by atoms with van der Waals surface area (Å²) in [6.07, 6.45) is 0.739. The van der Waals surface area contributed by atoms with Crippen LogP contribution in [0.25, 0.3) is 0 Å². The van der Waals surface area contributed by atoms with Crippen LogP contribution in [0.15, 0.2) is 17.0 Å². The average molecular weight is 292 g/mol. The number of anilines is 1. The van der Waals surface area contributed by atoms with Crippen LogP contribution < -0.4 is 10.5 Å². The molecule has 0 saturated heterocycles. The predicted octanol–water partition coefficient (Wildman–Crippen LogP) is 2.26. The summed E-state index contributed by atoms with van der Waals surface area (Å²) in [6.45, 7) is 5.77. The number of benzene rings is 1. The molecule has 0 bridgehead atoms. The number of hydrogen-bond donors (Lipinski definition) is 2. The molecule has 19 heavy (non-hydrogen) atoms. The van der Waals surface area contributed by atoms with Gasteiger partial charge in [-0.3, -0.25) is 0 Å². The first-order valence-electron chi connectivity index (χ1n) is 5.83. The summed E-state index contributed by atoms with van der Waals surface area (Å²) in [5.41, 5.74) is 4.91. The van der Waals surface area contributed by atoms with Gasteiger partial charge in [0.25, 0.3) is 0 Å². The van der Waals surface area contributed by atoms with Crippen molar-refractivity contribution >= 4 is 15.7 Å². The second-order valence-corrected chi connectivity index (χ2v) is 6.89. The fourth-order valence-corrected chi connectivity index (χ4v) is 2.63. The molecular formula is C12H18F2N2O2S. The van der Waals surface area contributed by atoms with Crippen LogP contribution >= 0.6 is 0 Å². The van der Waals surface area contributed by atoms with Crippen molar-refractivity contribution in [2.75, 3.05) is 12.3 Å². The molecule has 108 valence electrons. The Balaban J connectivity index is 3.08. The maximum Gasteiger partial charge on any atom is 0.243 e. The topological polar surface area (TPSA) is 72.2 Å². The Hall–Kier alpha value is -1.21. The van der Waals surface area contributed by atoms with E-state index < -0.39 is 26.6 Å². The Morgan fingerprint density at radius 2 is 1.89 bits per heavy atom. The summed E-state index contributed by atoms with van der Waals surface area (Å²) >= 11 is 0. The second kappa shape index (κ2) is 5.42. The molecule has 0 radical (unpaired) electrons. The van der Waals surface area contributed by atoms with Gasteiger partial charge in [0.1, 0.15) is 4.90 Å². The van der Waals surface area contributed by atoms with E-state index >= 15 is 0 Å². The molecule has 0 aliphatic carbocycles. The lowest BCUT2D eigenvalue weighted by Crippen LogP contribution is -2.34. The first kappa shape index (κ1) is 15.8. The van der Waals surface area contributed by atoms with Gasteiger partial charge in [-0.2, -0.15) is 0 Å². The van der Waals surface area contributed by atoms with Crippen molar-refractivity contribution in [1.29, 1.82) is 0 Å². The van der Waals surface area contributed by atoms with Crippen molar-refractivity contribution in [3.05, 3.63) is 23.8 Å². The Morgan fingerprint density at radius 1 is 1.32 bits per heavy atom. The van der Waals surface area contributed by atoms with Crippen LogP contribution in [0.3, 0.4) is 0 Å². The zero-order chi connectivity index (χ0) is 14.8. The van der Waals surface area contributed by atoms with E-state index in [0.29, 0.717) is 0 Å². The molecular weight excluding hydrogens is 274 g/mol. The van der Waals surface area contributed by atoms with Gasteiger partial charge in [-0.25, -0.2) is 21.9 Å². The summed E-state index contributed by atoms with van der Waals surface area (Å²) < 4.78 is 52.9. The molecule has 1 rings (SSSR count).